The minimum Gasteiger partial charge on any atom is -0.486 e. The molecule has 0 spiro atoms. The Kier molecular flexibility index (Phi) is 5.13. The monoisotopic (exact) mass is 406 g/mol. The van der Waals surface area contributed by atoms with Crippen molar-refractivity contribution in [2.24, 2.45) is 7.05 Å². The van der Waals surface area contributed by atoms with Crippen LogP contribution in [0.25, 0.3) is 6.08 Å². The van der Waals surface area contributed by atoms with Gasteiger partial charge in [-0.1, -0.05) is 15.9 Å². The Morgan fingerprint density at radius 2 is 2.00 bits per heavy atom. The molecule has 0 saturated carbocycles. The highest BCUT2D eigenvalue weighted by Crippen LogP contribution is 2.35. The number of carbonyl (C=O) groups is 1. The van der Waals surface area contributed by atoms with Crippen molar-refractivity contribution in [3.05, 3.63) is 45.2 Å². The Morgan fingerprint density at radius 1 is 1.32 bits per heavy atom. The number of benzene rings is 1. The van der Waals surface area contributed by atoms with Crippen molar-refractivity contribution in [3.63, 3.8) is 0 Å². The minimum absolute atomic E-state index is 0.144. The Hall–Kier alpha value is -2.28. The van der Waals surface area contributed by atoms with Gasteiger partial charge in [-0.25, -0.2) is 4.79 Å². The Morgan fingerprint density at radius 3 is 2.64 bits per heavy atom. The predicted molar refractivity (Wildman–Crippen MR) is 96.6 cm³/mol. The molecule has 25 heavy (non-hydrogen) atoms. The highest BCUT2D eigenvalue weighted by Gasteiger charge is 2.15. The summed E-state index contributed by atoms with van der Waals surface area (Å²) >= 11 is 3.47. The van der Waals surface area contributed by atoms with Gasteiger partial charge in [-0.15, -0.1) is 0 Å². The van der Waals surface area contributed by atoms with Crippen LogP contribution in [0.1, 0.15) is 22.5 Å². The molecule has 0 aliphatic carbocycles. The van der Waals surface area contributed by atoms with Gasteiger partial charge in [0.15, 0.2) is 11.5 Å². The number of esters is 1. The number of ether oxygens (including phenoxy) is 3. The first-order valence-corrected chi connectivity index (χ1v) is 8.68. The number of hydrogen-bond donors (Lipinski definition) is 0. The first kappa shape index (κ1) is 17.5. The third-order valence-corrected chi connectivity index (χ3v) is 4.77. The second-order valence-corrected chi connectivity index (χ2v) is 6.59. The fourth-order valence-corrected chi connectivity index (χ4v) is 3.03. The van der Waals surface area contributed by atoms with Gasteiger partial charge in [-0.2, -0.15) is 5.10 Å². The van der Waals surface area contributed by atoms with Gasteiger partial charge >= 0.3 is 5.97 Å². The summed E-state index contributed by atoms with van der Waals surface area (Å²) in [4.78, 5) is 12.0. The van der Waals surface area contributed by atoms with Gasteiger partial charge in [0, 0.05) is 34.4 Å². The molecule has 0 unspecified atom stereocenters. The molecule has 1 aliphatic rings. The number of carbonyl (C=O) groups excluding carboxylic acids is 1. The maximum Gasteiger partial charge on any atom is 0.331 e. The van der Waals surface area contributed by atoms with E-state index in [4.69, 9.17) is 14.2 Å². The van der Waals surface area contributed by atoms with E-state index >= 15 is 0 Å². The van der Waals surface area contributed by atoms with Crippen molar-refractivity contribution in [1.29, 1.82) is 0 Å². The topological polar surface area (TPSA) is 62.6 Å². The number of rotatable bonds is 4. The van der Waals surface area contributed by atoms with E-state index in [2.05, 4.69) is 21.0 Å². The zero-order valence-corrected chi connectivity index (χ0v) is 15.9. The first-order valence-electron chi connectivity index (χ1n) is 7.88. The summed E-state index contributed by atoms with van der Waals surface area (Å²) in [6.45, 7) is 5.05. The van der Waals surface area contributed by atoms with Crippen molar-refractivity contribution in [2.45, 2.75) is 20.5 Å². The molecule has 2 heterocycles. The fourth-order valence-electron chi connectivity index (χ4n) is 2.60. The lowest BCUT2D eigenvalue weighted by atomic mass is 10.2. The van der Waals surface area contributed by atoms with E-state index < -0.39 is 5.97 Å². The Bertz CT molecular complexity index is 842. The lowest BCUT2D eigenvalue weighted by Crippen LogP contribution is -2.15. The Labute approximate surface area is 154 Å². The maximum atomic E-state index is 12.0. The molecule has 0 saturated heterocycles. The smallest absolute Gasteiger partial charge is 0.331 e. The second kappa shape index (κ2) is 7.31. The number of nitrogens with zero attached hydrogens (tertiary/aromatic N) is 2. The van der Waals surface area contributed by atoms with E-state index in [0.29, 0.717) is 24.7 Å². The van der Waals surface area contributed by atoms with Gasteiger partial charge in [-0.3, -0.25) is 4.68 Å². The summed E-state index contributed by atoms with van der Waals surface area (Å²) in [7, 11) is 1.87. The molecule has 0 bridgehead atoms. The molecule has 1 aliphatic heterocycles. The SMILES string of the molecule is Cc1nn(C)c(C)c1/C=C\C(=O)OCc1cc2c(cc1Br)OCCO2. The summed E-state index contributed by atoms with van der Waals surface area (Å²) < 4.78 is 19.0. The highest BCUT2D eigenvalue weighted by atomic mass is 79.9. The predicted octanol–water partition coefficient (Wildman–Crippen LogP) is 3.33. The highest BCUT2D eigenvalue weighted by molar-refractivity contribution is 9.10. The third-order valence-electron chi connectivity index (χ3n) is 4.03. The number of aryl methyl sites for hydroxylation is 2. The molecule has 2 aromatic rings. The van der Waals surface area contributed by atoms with Gasteiger partial charge in [0.25, 0.3) is 0 Å². The van der Waals surface area contributed by atoms with Crippen LogP contribution in [0.4, 0.5) is 0 Å². The summed E-state index contributed by atoms with van der Waals surface area (Å²) in [5.41, 5.74) is 3.62. The molecule has 1 aromatic heterocycles. The summed E-state index contributed by atoms with van der Waals surface area (Å²) in [5, 5.41) is 4.32. The van der Waals surface area contributed by atoms with E-state index in [-0.39, 0.29) is 6.61 Å². The van der Waals surface area contributed by atoms with Gasteiger partial charge in [0.1, 0.15) is 19.8 Å². The van der Waals surface area contributed by atoms with E-state index in [1.807, 2.05) is 33.0 Å². The van der Waals surface area contributed by atoms with Crippen molar-refractivity contribution in [2.75, 3.05) is 13.2 Å². The number of fused-ring (bicyclic) bond motifs is 1. The molecule has 1 aromatic carbocycles. The van der Waals surface area contributed by atoms with Crippen molar-refractivity contribution < 1.29 is 19.0 Å². The largest absolute Gasteiger partial charge is 0.486 e. The molecule has 0 amide bonds. The average molecular weight is 407 g/mol. The number of hydrogen-bond acceptors (Lipinski definition) is 5. The van der Waals surface area contributed by atoms with Crippen LogP contribution >= 0.6 is 15.9 Å². The zero-order chi connectivity index (χ0) is 18.0. The Balaban J connectivity index is 1.65. The first-order chi connectivity index (χ1) is 12.0. The van der Waals surface area contributed by atoms with Gasteiger partial charge in [0.05, 0.1) is 5.69 Å². The molecule has 0 N–H and O–H groups in total. The molecule has 6 nitrogen and oxygen atoms in total. The molecule has 3 rings (SSSR count). The fraction of sp³-hybridized carbons (Fsp3) is 0.333. The van der Waals surface area contributed by atoms with Crippen LogP contribution in [0.5, 0.6) is 11.5 Å². The summed E-state index contributed by atoms with van der Waals surface area (Å²) in [5.74, 6) is 0.942. The number of aromatic nitrogens is 2. The summed E-state index contributed by atoms with van der Waals surface area (Å²) in [6.07, 6.45) is 3.15. The van der Waals surface area contributed by atoms with E-state index in [9.17, 15) is 4.79 Å². The van der Waals surface area contributed by atoms with Crippen molar-refractivity contribution in [3.8, 4) is 11.5 Å². The summed E-state index contributed by atoms with van der Waals surface area (Å²) in [6, 6.07) is 3.65. The average Bonchev–Trinajstić information content (AvgIpc) is 2.83. The molecule has 132 valence electrons. The van der Waals surface area contributed by atoms with Crippen molar-refractivity contribution in [1.82, 2.24) is 9.78 Å². The lowest BCUT2D eigenvalue weighted by Gasteiger charge is -2.19. The van der Waals surface area contributed by atoms with E-state index in [1.54, 1.807) is 10.8 Å². The zero-order valence-electron chi connectivity index (χ0n) is 14.3. The molecule has 0 fully saturated rings. The molecule has 0 atom stereocenters. The molecule has 7 heteroatoms. The van der Waals surface area contributed by atoms with Crippen LogP contribution in [0.3, 0.4) is 0 Å². The number of halogens is 1. The van der Waals surface area contributed by atoms with Crippen LogP contribution in [-0.2, 0) is 23.2 Å². The van der Waals surface area contributed by atoms with E-state index in [0.717, 1.165) is 27.0 Å². The molecule has 0 radical (unpaired) electrons. The second-order valence-electron chi connectivity index (χ2n) is 5.74. The quantitative estimate of drug-likeness (QED) is 0.575. The lowest BCUT2D eigenvalue weighted by molar-refractivity contribution is -0.138. The van der Waals surface area contributed by atoms with Crippen LogP contribution in [0.2, 0.25) is 0 Å². The third kappa shape index (κ3) is 3.87. The van der Waals surface area contributed by atoms with Crippen LogP contribution in [0.15, 0.2) is 22.7 Å². The molecular weight excluding hydrogens is 388 g/mol. The molecular formula is C18H19BrN2O4. The van der Waals surface area contributed by atoms with Crippen LogP contribution in [0, 0.1) is 13.8 Å². The maximum absolute atomic E-state index is 12.0. The van der Waals surface area contributed by atoms with E-state index in [1.165, 1.54) is 6.08 Å². The van der Waals surface area contributed by atoms with Gasteiger partial charge < -0.3 is 14.2 Å². The normalized spacial score (nSPS) is 13.3. The minimum atomic E-state index is -0.413. The van der Waals surface area contributed by atoms with Crippen LogP contribution < -0.4 is 9.47 Å². The standard InChI is InChI=1S/C18H19BrN2O4/c1-11-14(12(2)21(3)20-11)4-5-18(22)25-10-13-8-16-17(9-15(13)19)24-7-6-23-16/h4-5,8-9H,6-7,10H2,1-3H3/b5-4-. The van der Waals surface area contributed by atoms with Gasteiger partial charge in [0.2, 0.25) is 0 Å². The van der Waals surface area contributed by atoms with Crippen LogP contribution in [-0.4, -0.2) is 29.0 Å². The van der Waals surface area contributed by atoms with Gasteiger partial charge in [-0.05, 0) is 32.1 Å². The van der Waals surface area contributed by atoms with Crippen molar-refractivity contribution >= 4 is 28.0 Å².